The van der Waals surface area contributed by atoms with E-state index in [4.69, 9.17) is 0 Å². The molecule has 0 N–H and O–H groups in total. The lowest BCUT2D eigenvalue weighted by Crippen LogP contribution is -2.55. The molecule has 172 valence electrons. The molecular formula is C25H23F3N2O2S. The van der Waals surface area contributed by atoms with Crippen molar-refractivity contribution in [1.82, 2.24) is 0 Å². The number of benzene rings is 2. The molecule has 33 heavy (non-hydrogen) atoms. The molecule has 2 amide bonds. The van der Waals surface area contributed by atoms with Crippen LogP contribution in [0.1, 0.15) is 49.9 Å². The lowest BCUT2D eigenvalue weighted by atomic mass is 9.87. The fraction of sp³-hybridized carbons (Fsp3) is 0.360. The zero-order chi connectivity index (χ0) is 23.9. The minimum atomic E-state index is -4.56. The minimum absolute atomic E-state index is 0.00773. The van der Waals surface area contributed by atoms with Crippen LogP contribution in [0.3, 0.4) is 0 Å². The number of aryl methyl sites for hydroxylation is 1. The zero-order valence-corrected chi connectivity index (χ0v) is 19.5. The molecule has 1 spiro atoms. The highest BCUT2D eigenvalue weighted by molar-refractivity contribution is 8.02. The van der Waals surface area contributed by atoms with Crippen LogP contribution < -0.4 is 9.80 Å². The van der Waals surface area contributed by atoms with Gasteiger partial charge in [-0.1, -0.05) is 19.1 Å². The van der Waals surface area contributed by atoms with Crippen molar-refractivity contribution in [2.24, 2.45) is 0 Å². The van der Waals surface area contributed by atoms with E-state index >= 15 is 0 Å². The summed E-state index contributed by atoms with van der Waals surface area (Å²) in [6.45, 7) is 7.88. The van der Waals surface area contributed by atoms with Crippen LogP contribution in [0.15, 0.2) is 42.5 Å². The van der Waals surface area contributed by atoms with E-state index in [-0.39, 0.29) is 23.3 Å². The van der Waals surface area contributed by atoms with E-state index in [2.05, 4.69) is 6.07 Å². The van der Waals surface area contributed by atoms with E-state index in [0.29, 0.717) is 5.56 Å². The highest BCUT2D eigenvalue weighted by Crippen LogP contribution is 2.60. The van der Waals surface area contributed by atoms with Gasteiger partial charge in [-0.15, -0.1) is 11.8 Å². The van der Waals surface area contributed by atoms with Crippen LogP contribution in [0.25, 0.3) is 5.57 Å². The molecule has 1 fully saturated rings. The number of thioether (sulfide) groups is 1. The standard InChI is InChI=1S/C25H23F3N2O2S/c1-5-15-9-18-14(2)12-23(3,4)30-21(18)19(10-15)24(22(30)32)29(20(31)13-33-24)17-8-6-7-16(11-17)25(26,27)28/h6-12H,5,13H2,1-4H3/t24-/m0/s1. The van der Waals surface area contributed by atoms with Crippen molar-refractivity contribution >= 4 is 40.5 Å². The molecule has 8 heteroatoms. The van der Waals surface area contributed by atoms with E-state index in [1.807, 2.05) is 39.8 Å². The quantitative estimate of drug-likeness (QED) is 0.560. The maximum Gasteiger partial charge on any atom is 0.416 e. The first-order valence-corrected chi connectivity index (χ1v) is 11.8. The predicted molar refractivity (Wildman–Crippen MR) is 124 cm³/mol. The van der Waals surface area contributed by atoms with Gasteiger partial charge >= 0.3 is 6.18 Å². The van der Waals surface area contributed by atoms with Crippen molar-refractivity contribution in [3.63, 3.8) is 0 Å². The Labute approximate surface area is 194 Å². The lowest BCUT2D eigenvalue weighted by molar-refractivity contribution is -0.137. The first-order valence-electron chi connectivity index (χ1n) is 10.8. The topological polar surface area (TPSA) is 40.6 Å². The molecule has 0 bridgehead atoms. The molecule has 2 aromatic carbocycles. The van der Waals surface area contributed by atoms with E-state index < -0.39 is 22.1 Å². The molecular weight excluding hydrogens is 449 g/mol. The average molecular weight is 473 g/mol. The van der Waals surface area contributed by atoms with Crippen LogP contribution in [0.4, 0.5) is 24.5 Å². The van der Waals surface area contributed by atoms with Gasteiger partial charge in [-0.25, -0.2) is 0 Å². The van der Waals surface area contributed by atoms with Gasteiger partial charge in [0, 0.05) is 16.8 Å². The van der Waals surface area contributed by atoms with Gasteiger partial charge in [0.1, 0.15) is 0 Å². The van der Waals surface area contributed by atoms with Crippen LogP contribution >= 0.6 is 11.8 Å². The van der Waals surface area contributed by atoms with Gasteiger partial charge < -0.3 is 0 Å². The highest BCUT2D eigenvalue weighted by atomic mass is 32.2. The van der Waals surface area contributed by atoms with Gasteiger partial charge in [0.25, 0.3) is 5.91 Å². The SMILES string of the molecule is CCc1cc2c3c(c1)[C@]1(SCC(=O)N1c1cccc(C(F)(F)F)c1)C(=O)N3C(C)(C)C=C2C. The van der Waals surface area contributed by atoms with E-state index in [1.54, 1.807) is 4.90 Å². The number of alkyl halides is 3. The molecule has 1 atom stereocenters. The van der Waals surface area contributed by atoms with Crippen molar-refractivity contribution in [1.29, 1.82) is 0 Å². The Morgan fingerprint density at radius 3 is 2.48 bits per heavy atom. The van der Waals surface area contributed by atoms with Gasteiger partial charge in [0.15, 0.2) is 0 Å². The minimum Gasteiger partial charge on any atom is -0.299 e. The fourth-order valence-electron chi connectivity index (χ4n) is 5.26. The summed E-state index contributed by atoms with van der Waals surface area (Å²) >= 11 is 1.19. The summed E-state index contributed by atoms with van der Waals surface area (Å²) in [5, 5.41) is 0. The Morgan fingerprint density at radius 1 is 1.09 bits per heavy atom. The summed E-state index contributed by atoms with van der Waals surface area (Å²) in [5.41, 5.74) is 2.97. The second-order valence-corrected chi connectivity index (χ2v) is 10.4. The Bertz CT molecular complexity index is 1250. The number of fused-ring (bicyclic) bond motifs is 1. The van der Waals surface area contributed by atoms with E-state index in [9.17, 15) is 22.8 Å². The van der Waals surface area contributed by atoms with Crippen molar-refractivity contribution in [2.45, 2.75) is 50.7 Å². The summed E-state index contributed by atoms with van der Waals surface area (Å²) in [7, 11) is 0. The molecule has 3 heterocycles. The van der Waals surface area contributed by atoms with Crippen LogP contribution in [-0.2, 0) is 27.1 Å². The molecule has 0 aliphatic carbocycles. The molecule has 3 aliphatic heterocycles. The number of hydrogen-bond acceptors (Lipinski definition) is 3. The maximum atomic E-state index is 14.2. The number of rotatable bonds is 2. The van der Waals surface area contributed by atoms with E-state index in [0.717, 1.165) is 40.9 Å². The molecule has 2 aromatic rings. The van der Waals surface area contributed by atoms with Crippen LogP contribution in [0, 0.1) is 0 Å². The Morgan fingerprint density at radius 2 is 1.82 bits per heavy atom. The molecule has 1 saturated heterocycles. The first kappa shape index (κ1) is 22.1. The van der Waals surface area contributed by atoms with Crippen LogP contribution in [0.2, 0.25) is 0 Å². The zero-order valence-electron chi connectivity index (χ0n) is 18.7. The Hall–Kier alpha value is -2.74. The van der Waals surface area contributed by atoms with Gasteiger partial charge in [-0.05, 0) is 68.7 Å². The predicted octanol–water partition coefficient (Wildman–Crippen LogP) is 5.74. The smallest absolute Gasteiger partial charge is 0.299 e. The number of halogens is 3. The van der Waals surface area contributed by atoms with Gasteiger partial charge in [-0.3, -0.25) is 19.4 Å². The third kappa shape index (κ3) is 2.92. The Balaban J connectivity index is 1.80. The summed E-state index contributed by atoms with van der Waals surface area (Å²) in [5.74, 6) is -0.673. The van der Waals surface area contributed by atoms with Crippen LogP contribution in [0.5, 0.6) is 0 Å². The van der Waals surface area contributed by atoms with Crippen molar-refractivity contribution < 1.29 is 22.8 Å². The normalized spacial score (nSPS) is 23.4. The molecule has 5 rings (SSSR count). The van der Waals surface area contributed by atoms with Crippen molar-refractivity contribution in [3.8, 4) is 0 Å². The van der Waals surface area contributed by atoms with Gasteiger partial charge in [0.2, 0.25) is 10.8 Å². The molecule has 4 nitrogen and oxygen atoms in total. The third-order valence-corrected chi connectivity index (χ3v) is 8.02. The summed E-state index contributed by atoms with van der Waals surface area (Å²) in [4.78, 5) is 28.9. The maximum absolute atomic E-state index is 14.2. The molecule has 0 saturated carbocycles. The molecule has 3 aliphatic rings. The third-order valence-electron chi connectivity index (χ3n) is 6.63. The lowest BCUT2D eigenvalue weighted by Gasteiger charge is -2.40. The second-order valence-electron chi connectivity index (χ2n) is 9.22. The summed E-state index contributed by atoms with van der Waals surface area (Å²) < 4.78 is 40.4. The number of carbonyl (C=O) groups excluding carboxylic acids is 2. The molecule has 0 radical (unpaired) electrons. The average Bonchev–Trinajstić information content (AvgIpc) is 3.21. The van der Waals surface area contributed by atoms with E-state index in [1.165, 1.54) is 28.8 Å². The Kier molecular flexibility index (Phi) is 4.60. The first-order chi connectivity index (χ1) is 15.4. The monoisotopic (exact) mass is 472 g/mol. The van der Waals surface area contributed by atoms with Crippen molar-refractivity contribution in [3.05, 3.63) is 64.7 Å². The molecule has 0 unspecified atom stereocenters. The summed E-state index contributed by atoms with van der Waals surface area (Å²) in [6, 6.07) is 8.68. The largest absolute Gasteiger partial charge is 0.416 e. The van der Waals surface area contributed by atoms with Gasteiger partial charge in [0.05, 0.1) is 22.5 Å². The van der Waals surface area contributed by atoms with Crippen molar-refractivity contribution in [2.75, 3.05) is 15.6 Å². The number of hydrogen-bond donors (Lipinski definition) is 0. The number of anilines is 2. The van der Waals surface area contributed by atoms with Crippen LogP contribution in [-0.4, -0.2) is 23.1 Å². The summed E-state index contributed by atoms with van der Waals surface area (Å²) in [6.07, 6.45) is -1.80. The number of nitrogens with zero attached hydrogens (tertiary/aromatic N) is 2. The number of allylic oxidation sites excluding steroid dienone is 1. The second kappa shape index (κ2) is 6.88. The number of carbonyl (C=O) groups is 2. The highest BCUT2D eigenvalue weighted by Gasteiger charge is 2.64. The van der Waals surface area contributed by atoms with Gasteiger partial charge in [-0.2, -0.15) is 13.2 Å². The number of amides is 2. The fourth-order valence-corrected chi connectivity index (χ4v) is 6.59. The molecule has 0 aromatic heterocycles.